The molecule has 0 N–H and O–H groups in total. The molecule has 0 spiro atoms. The highest BCUT2D eigenvalue weighted by molar-refractivity contribution is 5.95. The molecule has 2 heterocycles. The van der Waals surface area contributed by atoms with Crippen molar-refractivity contribution in [3.63, 3.8) is 0 Å². The van der Waals surface area contributed by atoms with E-state index in [9.17, 15) is 4.79 Å². The minimum atomic E-state index is 0.0781. The van der Waals surface area contributed by atoms with Crippen molar-refractivity contribution in [2.75, 3.05) is 6.54 Å². The summed E-state index contributed by atoms with van der Waals surface area (Å²) in [6.07, 6.45) is 4.19. The average molecular weight is 310 g/mol. The molecular weight excluding hydrogens is 288 g/mol. The van der Waals surface area contributed by atoms with Crippen LogP contribution in [0.2, 0.25) is 0 Å². The number of hydrogen-bond donors (Lipinski definition) is 0. The average Bonchev–Trinajstić information content (AvgIpc) is 3.13. The zero-order valence-corrected chi connectivity index (χ0v) is 14.0. The van der Waals surface area contributed by atoms with Crippen molar-refractivity contribution in [2.45, 2.75) is 26.8 Å². The molecule has 5 nitrogen and oxygen atoms in total. The van der Waals surface area contributed by atoms with E-state index in [2.05, 4.69) is 36.1 Å². The fourth-order valence-corrected chi connectivity index (χ4v) is 3.03. The van der Waals surface area contributed by atoms with Gasteiger partial charge in [-0.15, -0.1) is 0 Å². The first kappa shape index (κ1) is 15.5. The Morgan fingerprint density at radius 1 is 1.26 bits per heavy atom. The summed E-state index contributed by atoms with van der Waals surface area (Å²) in [7, 11) is 1.87. The highest BCUT2D eigenvalue weighted by Crippen LogP contribution is 2.22. The Morgan fingerprint density at radius 2 is 1.96 bits per heavy atom. The van der Waals surface area contributed by atoms with E-state index in [0.29, 0.717) is 18.0 Å². The number of nitrogens with zero attached hydrogens (tertiary/aromatic N) is 4. The molecule has 3 rings (SSSR count). The summed E-state index contributed by atoms with van der Waals surface area (Å²) in [5.41, 5.74) is 1.67. The molecule has 0 fully saturated rings. The first-order chi connectivity index (χ1) is 11.0. The lowest BCUT2D eigenvalue weighted by molar-refractivity contribution is 0.0720. The van der Waals surface area contributed by atoms with Crippen LogP contribution in [-0.2, 0) is 7.05 Å². The number of carbonyl (C=O) groups excluding carboxylic acids is 1. The van der Waals surface area contributed by atoms with Crippen molar-refractivity contribution in [3.05, 3.63) is 47.8 Å². The van der Waals surface area contributed by atoms with Crippen molar-refractivity contribution in [3.8, 4) is 11.4 Å². The van der Waals surface area contributed by atoms with Crippen molar-refractivity contribution in [1.82, 2.24) is 19.7 Å². The van der Waals surface area contributed by atoms with Gasteiger partial charge >= 0.3 is 0 Å². The van der Waals surface area contributed by atoms with E-state index < -0.39 is 0 Å². The van der Waals surface area contributed by atoms with E-state index in [4.69, 9.17) is 0 Å². The number of amides is 1. The molecule has 1 atom stereocenters. The first-order valence-electron chi connectivity index (χ1n) is 7.93. The Hall–Kier alpha value is -2.43. The molecule has 23 heavy (non-hydrogen) atoms. The maximum Gasteiger partial charge on any atom is 0.254 e. The summed E-state index contributed by atoms with van der Waals surface area (Å²) >= 11 is 0. The SMILES string of the molecule is Cc1nc(-c2ccc(C(=O)N3CC=C[C@@H]3C(C)C)cc2)n(C)n1. The summed E-state index contributed by atoms with van der Waals surface area (Å²) in [4.78, 5) is 19.1. The minimum Gasteiger partial charge on any atom is -0.328 e. The quantitative estimate of drug-likeness (QED) is 0.819. The summed E-state index contributed by atoms with van der Waals surface area (Å²) < 4.78 is 1.76. The largest absolute Gasteiger partial charge is 0.328 e. The molecule has 1 aliphatic heterocycles. The van der Waals surface area contributed by atoms with Gasteiger partial charge in [0.15, 0.2) is 5.82 Å². The minimum absolute atomic E-state index is 0.0781. The summed E-state index contributed by atoms with van der Waals surface area (Å²) in [6, 6.07) is 7.80. The van der Waals surface area contributed by atoms with Crippen LogP contribution >= 0.6 is 0 Å². The second-order valence-electron chi connectivity index (χ2n) is 6.30. The van der Waals surface area contributed by atoms with Gasteiger partial charge in [0, 0.05) is 24.7 Å². The maximum atomic E-state index is 12.7. The fourth-order valence-electron chi connectivity index (χ4n) is 3.03. The number of benzene rings is 1. The lowest BCUT2D eigenvalue weighted by Gasteiger charge is -2.27. The van der Waals surface area contributed by atoms with Gasteiger partial charge in [0.05, 0.1) is 6.04 Å². The van der Waals surface area contributed by atoms with E-state index in [1.165, 1.54) is 0 Å². The molecule has 2 aromatic rings. The third kappa shape index (κ3) is 2.91. The normalized spacial score (nSPS) is 17.3. The van der Waals surface area contributed by atoms with E-state index in [-0.39, 0.29) is 11.9 Å². The Bertz CT molecular complexity index is 743. The molecule has 5 heteroatoms. The van der Waals surface area contributed by atoms with E-state index >= 15 is 0 Å². The second-order valence-corrected chi connectivity index (χ2v) is 6.30. The fraction of sp³-hybridized carbons (Fsp3) is 0.389. The lowest BCUT2D eigenvalue weighted by Crippen LogP contribution is -2.38. The number of aromatic nitrogens is 3. The molecular formula is C18H22N4O. The van der Waals surface area contributed by atoms with Gasteiger partial charge in [0.2, 0.25) is 0 Å². The van der Waals surface area contributed by atoms with Crippen LogP contribution in [0.1, 0.15) is 30.0 Å². The Labute approximate surface area is 136 Å². The number of hydrogen-bond acceptors (Lipinski definition) is 3. The summed E-state index contributed by atoms with van der Waals surface area (Å²) in [5, 5.41) is 4.26. The van der Waals surface area contributed by atoms with Gasteiger partial charge in [-0.2, -0.15) is 5.10 Å². The topological polar surface area (TPSA) is 51.0 Å². The second kappa shape index (κ2) is 5.99. The van der Waals surface area contributed by atoms with Crippen LogP contribution in [0.4, 0.5) is 0 Å². The number of carbonyl (C=O) groups is 1. The Kier molecular flexibility index (Phi) is 4.03. The van der Waals surface area contributed by atoms with Crippen molar-refractivity contribution >= 4 is 5.91 Å². The van der Waals surface area contributed by atoms with Crippen LogP contribution in [0.15, 0.2) is 36.4 Å². The Balaban J connectivity index is 1.82. The van der Waals surface area contributed by atoms with E-state index in [0.717, 1.165) is 17.2 Å². The van der Waals surface area contributed by atoms with Gasteiger partial charge < -0.3 is 4.90 Å². The van der Waals surface area contributed by atoms with Crippen molar-refractivity contribution < 1.29 is 4.79 Å². The van der Waals surface area contributed by atoms with Crippen LogP contribution in [0.25, 0.3) is 11.4 Å². The highest BCUT2D eigenvalue weighted by Gasteiger charge is 2.27. The molecule has 0 aliphatic carbocycles. The summed E-state index contributed by atoms with van der Waals surface area (Å²) in [6.45, 7) is 6.83. The highest BCUT2D eigenvalue weighted by atomic mass is 16.2. The zero-order valence-electron chi connectivity index (χ0n) is 14.0. The predicted molar refractivity (Wildman–Crippen MR) is 90.0 cm³/mol. The molecule has 1 aliphatic rings. The van der Waals surface area contributed by atoms with Crippen molar-refractivity contribution in [1.29, 1.82) is 0 Å². The molecule has 0 bridgehead atoms. The van der Waals surface area contributed by atoms with Crippen LogP contribution < -0.4 is 0 Å². The molecule has 0 saturated heterocycles. The molecule has 1 amide bonds. The molecule has 0 unspecified atom stereocenters. The lowest BCUT2D eigenvalue weighted by atomic mass is 10.0. The molecule has 0 saturated carbocycles. The van der Waals surface area contributed by atoms with Gasteiger partial charge in [-0.05, 0) is 25.0 Å². The van der Waals surface area contributed by atoms with Crippen LogP contribution in [-0.4, -0.2) is 38.2 Å². The third-order valence-corrected chi connectivity index (χ3v) is 4.20. The van der Waals surface area contributed by atoms with Crippen LogP contribution in [0, 0.1) is 12.8 Å². The van der Waals surface area contributed by atoms with Gasteiger partial charge in [-0.25, -0.2) is 9.67 Å². The predicted octanol–water partition coefficient (Wildman–Crippen LogP) is 2.83. The van der Waals surface area contributed by atoms with Crippen LogP contribution in [0.3, 0.4) is 0 Å². The van der Waals surface area contributed by atoms with E-state index in [1.54, 1.807) is 4.68 Å². The zero-order chi connectivity index (χ0) is 16.6. The maximum absolute atomic E-state index is 12.7. The number of aryl methyl sites for hydroxylation is 2. The Morgan fingerprint density at radius 3 is 2.52 bits per heavy atom. The monoisotopic (exact) mass is 310 g/mol. The molecule has 0 radical (unpaired) electrons. The van der Waals surface area contributed by atoms with Gasteiger partial charge in [0.1, 0.15) is 5.82 Å². The number of rotatable bonds is 3. The molecule has 1 aromatic carbocycles. The molecule has 1 aromatic heterocycles. The smallest absolute Gasteiger partial charge is 0.254 e. The summed E-state index contributed by atoms with van der Waals surface area (Å²) in [5.74, 6) is 2.04. The van der Waals surface area contributed by atoms with Crippen LogP contribution in [0.5, 0.6) is 0 Å². The standard InChI is InChI=1S/C18H22N4O/c1-12(2)16-6-5-11-22(16)18(23)15-9-7-14(8-10-15)17-19-13(3)20-21(17)4/h5-10,12,16H,11H2,1-4H3/t16-/m1/s1. The van der Waals surface area contributed by atoms with Gasteiger partial charge in [0.25, 0.3) is 5.91 Å². The van der Waals surface area contributed by atoms with E-state index in [1.807, 2.05) is 43.1 Å². The van der Waals surface area contributed by atoms with Gasteiger partial charge in [-0.3, -0.25) is 4.79 Å². The molecule has 120 valence electrons. The first-order valence-corrected chi connectivity index (χ1v) is 7.93. The third-order valence-electron chi connectivity index (χ3n) is 4.20. The van der Waals surface area contributed by atoms with Gasteiger partial charge in [-0.1, -0.05) is 38.1 Å². The van der Waals surface area contributed by atoms with Crippen molar-refractivity contribution in [2.24, 2.45) is 13.0 Å².